The topological polar surface area (TPSA) is 86.3 Å². The monoisotopic (exact) mass is 239 g/mol. The molecule has 0 aliphatic carbocycles. The van der Waals surface area contributed by atoms with Crippen molar-refractivity contribution in [2.75, 3.05) is 13.1 Å². The summed E-state index contributed by atoms with van der Waals surface area (Å²) in [6, 6.07) is 0. The smallest absolute Gasteiger partial charge is 0.323 e. The Labute approximate surface area is 99.6 Å². The Balaban J connectivity index is 2.86. The zero-order chi connectivity index (χ0) is 13.0. The quantitative estimate of drug-likeness (QED) is 0.799. The van der Waals surface area contributed by atoms with Gasteiger partial charge in [0, 0.05) is 12.2 Å². The highest BCUT2D eigenvalue weighted by molar-refractivity contribution is 5.96. The number of carbonyl (C=O) groups is 2. The molecule has 0 aromatic carbocycles. The lowest BCUT2D eigenvalue weighted by molar-refractivity contribution is -0.137. The number of aromatic amines is 1. The number of aromatic nitrogens is 2. The summed E-state index contributed by atoms with van der Waals surface area (Å²) in [4.78, 5) is 24.2. The van der Waals surface area contributed by atoms with Crippen molar-refractivity contribution < 1.29 is 14.7 Å². The fourth-order valence-electron chi connectivity index (χ4n) is 1.56. The van der Waals surface area contributed by atoms with Crippen molar-refractivity contribution in [3.63, 3.8) is 0 Å². The molecule has 1 amide bonds. The van der Waals surface area contributed by atoms with E-state index in [2.05, 4.69) is 10.2 Å². The predicted octanol–water partition coefficient (Wildman–Crippen LogP) is 0.901. The number of nitrogens with one attached hydrogen (secondary N) is 1. The second-order valence-electron chi connectivity index (χ2n) is 4.38. The second-order valence-corrected chi connectivity index (χ2v) is 4.38. The number of carboxylic acids is 1. The highest BCUT2D eigenvalue weighted by Gasteiger charge is 2.21. The van der Waals surface area contributed by atoms with Gasteiger partial charge in [-0.2, -0.15) is 5.10 Å². The first kappa shape index (κ1) is 13.2. The molecule has 0 saturated heterocycles. The molecule has 2 N–H and O–H groups in total. The Kier molecular flexibility index (Phi) is 4.25. The van der Waals surface area contributed by atoms with E-state index in [9.17, 15) is 9.59 Å². The molecule has 17 heavy (non-hydrogen) atoms. The molecule has 1 aromatic heterocycles. The fraction of sp³-hybridized carbons (Fsp3) is 0.545. The van der Waals surface area contributed by atoms with E-state index >= 15 is 0 Å². The number of nitrogens with zero attached hydrogens (tertiary/aromatic N) is 2. The Morgan fingerprint density at radius 1 is 1.53 bits per heavy atom. The van der Waals surface area contributed by atoms with Crippen molar-refractivity contribution in [2.24, 2.45) is 5.92 Å². The summed E-state index contributed by atoms with van der Waals surface area (Å²) in [5.74, 6) is -1.10. The van der Waals surface area contributed by atoms with Crippen LogP contribution in [-0.2, 0) is 4.79 Å². The number of aryl methyl sites for hydroxylation is 1. The van der Waals surface area contributed by atoms with Crippen LogP contribution in [0.2, 0.25) is 0 Å². The van der Waals surface area contributed by atoms with Gasteiger partial charge in [-0.05, 0) is 12.8 Å². The highest BCUT2D eigenvalue weighted by Crippen LogP contribution is 2.09. The van der Waals surface area contributed by atoms with E-state index in [4.69, 9.17) is 5.11 Å². The Morgan fingerprint density at radius 3 is 2.59 bits per heavy atom. The number of hydrogen-bond donors (Lipinski definition) is 2. The standard InChI is InChI=1S/C11H17N3O3/c1-7(2)5-14(6-10(15)16)11(17)9-4-12-13-8(9)3/h4,7H,5-6H2,1-3H3,(H,12,13)(H,15,16). The van der Waals surface area contributed by atoms with Crippen LogP contribution < -0.4 is 0 Å². The molecule has 0 aliphatic heterocycles. The molecule has 1 aromatic rings. The lowest BCUT2D eigenvalue weighted by Gasteiger charge is -2.22. The number of carbonyl (C=O) groups excluding carboxylic acids is 1. The van der Waals surface area contributed by atoms with Gasteiger partial charge in [-0.3, -0.25) is 14.7 Å². The molecule has 0 bridgehead atoms. The van der Waals surface area contributed by atoms with Gasteiger partial charge in [0.25, 0.3) is 5.91 Å². The molecule has 6 heteroatoms. The zero-order valence-corrected chi connectivity index (χ0v) is 10.2. The van der Waals surface area contributed by atoms with Gasteiger partial charge in [-0.15, -0.1) is 0 Å². The fourth-order valence-corrected chi connectivity index (χ4v) is 1.56. The summed E-state index contributed by atoms with van der Waals surface area (Å²) in [6.07, 6.45) is 1.42. The van der Waals surface area contributed by atoms with Crippen molar-refractivity contribution in [1.82, 2.24) is 15.1 Å². The molecule has 1 rings (SSSR count). The molecule has 0 radical (unpaired) electrons. The summed E-state index contributed by atoms with van der Waals surface area (Å²) in [7, 11) is 0. The maximum atomic E-state index is 12.1. The lowest BCUT2D eigenvalue weighted by atomic mass is 10.1. The van der Waals surface area contributed by atoms with Gasteiger partial charge in [0.05, 0.1) is 11.8 Å². The average molecular weight is 239 g/mol. The normalized spacial score (nSPS) is 10.6. The number of aliphatic carboxylic acids is 1. The molecule has 1 heterocycles. The van der Waals surface area contributed by atoms with Crippen LogP contribution in [0.3, 0.4) is 0 Å². The molecule has 0 aliphatic rings. The average Bonchev–Trinajstić information content (AvgIpc) is 2.61. The molecule has 0 saturated carbocycles. The summed E-state index contributed by atoms with van der Waals surface area (Å²) in [5.41, 5.74) is 1.07. The van der Waals surface area contributed by atoms with E-state index in [0.717, 1.165) is 0 Å². The van der Waals surface area contributed by atoms with Gasteiger partial charge in [-0.1, -0.05) is 13.8 Å². The van der Waals surface area contributed by atoms with Crippen LogP contribution in [0.5, 0.6) is 0 Å². The lowest BCUT2D eigenvalue weighted by Crippen LogP contribution is -2.38. The van der Waals surface area contributed by atoms with Gasteiger partial charge in [0.1, 0.15) is 6.54 Å². The first-order chi connectivity index (χ1) is 7.91. The number of H-pyrrole nitrogens is 1. The van der Waals surface area contributed by atoms with E-state index in [1.54, 1.807) is 6.92 Å². The highest BCUT2D eigenvalue weighted by atomic mass is 16.4. The van der Waals surface area contributed by atoms with Gasteiger partial charge in [0.15, 0.2) is 0 Å². The van der Waals surface area contributed by atoms with Crippen molar-refractivity contribution in [2.45, 2.75) is 20.8 Å². The summed E-state index contributed by atoms with van der Waals surface area (Å²) >= 11 is 0. The Morgan fingerprint density at radius 2 is 2.18 bits per heavy atom. The SMILES string of the molecule is Cc1[nH]ncc1C(=O)N(CC(=O)O)CC(C)C. The summed E-state index contributed by atoms with van der Waals surface area (Å²) < 4.78 is 0. The molecule has 0 unspecified atom stereocenters. The molecular weight excluding hydrogens is 222 g/mol. The van der Waals surface area contributed by atoms with Crippen molar-refractivity contribution >= 4 is 11.9 Å². The van der Waals surface area contributed by atoms with Crippen molar-refractivity contribution in [3.05, 3.63) is 17.5 Å². The first-order valence-electron chi connectivity index (χ1n) is 5.42. The van der Waals surface area contributed by atoms with Crippen LogP contribution in [0.1, 0.15) is 29.9 Å². The third-order valence-electron chi connectivity index (χ3n) is 2.26. The van der Waals surface area contributed by atoms with Gasteiger partial charge in [0.2, 0.25) is 0 Å². The van der Waals surface area contributed by atoms with Crippen LogP contribution in [0.15, 0.2) is 6.20 Å². The molecule has 0 fully saturated rings. The van der Waals surface area contributed by atoms with Gasteiger partial charge >= 0.3 is 5.97 Å². The van der Waals surface area contributed by atoms with Crippen molar-refractivity contribution in [3.8, 4) is 0 Å². The second kappa shape index (κ2) is 5.47. The summed E-state index contributed by atoms with van der Waals surface area (Å²) in [5, 5.41) is 15.2. The maximum Gasteiger partial charge on any atom is 0.323 e. The third kappa shape index (κ3) is 3.58. The van der Waals surface area contributed by atoms with Crippen LogP contribution in [0.4, 0.5) is 0 Å². The minimum atomic E-state index is -1.01. The van der Waals surface area contributed by atoms with E-state index in [0.29, 0.717) is 17.8 Å². The van der Waals surface area contributed by atoms with Crippen LogP contribution in [0.25, 0.3) is 0 Å². The number of carboxylic acid groups (broad SMARTS) is 1. The van der Waals surface area contributed by atoms with Gasteiger partial charge in [-0.25, -0.2) is 0 Å². The van der Waals surface area contributed by atoms with Crippen LogP contribution in [0, 0.1) is 12.8 Å². The van der Waals surface area contributed by atoms with E-state index in [1.165, 1.54) is 11.1 Å². The molecule has 94 valence electrons. The van der Waals surface area contributed by atoms with E-state index in [1.807, 2.05) is 13.8 Å². The minimum Gasteiger partial charge on any atom is -0.480 e. The maximum absolute atomic E-state index is 12.1. The molecular formula is C11H17N3O3. The van der Waals surface area contributed by atoms with E-state index in [-0.39, 0.29) is 18.4 Å². The van der Waals surface area contributed by atoms with Crippen LogP contribution >= 0.6 is 0 Å². The van der Waals surface area contributed by atoms with E-state index < -0.39 is 5.97 Å². The Hall–Kier alpha value is -1.85. The minimum absolute atomic E-state index is 0.213. The molecule has 6 nitrogen and oxygen atoms in total. The Bertz CT molecular complexity index is 412. The first-order valence-corrected chi connectivity index (χ1v) is 5.42. The number of hydrogen-bond acceptors (Lipinski definition) is 3. The zero-order valence-electron chi connectivity index (χ0n) is 10.2. The van der Waals surface area contributed by atoms with Crippen LogP contribution in [-0.4, -0.2) is 45.2 Å². The number of rotatable bonds is 5. The largest absolute Gasteiger partial charge is 0.480 e. The number of amides is 1. The van der Waals surface area contributed by atoms with Crippen molar-refractivity contribution in [1.29, 1.82) is 0 Å². The summed E-state index contributed by atoms with van der Waals surface area (Å²) in [6.45, 7) is 5.72. The molecule has 0 spiro atoms. The van der Waals surface area contributed by atoms with Gasteiger partial charge < -0.3 is 10.0 Å². The molecule has 0 atom stereocenters. The predicted molar refractivity (Wildman–Crippen MR) is 61.7 cm³/mol. The third-order valence-corrected chi connectivity index (χ3v) is 2.26.